The molecule has 0 saturated carbocycles. The normalized spacial score (nSPS) is 10.7. The van der Waals surface area contributed by atoms with Crippen LogP contribution in [0.3, 0.4) is 0 Å². The Morgan fingerprint density at radius 3 is 3.00 bits per heavy atom. The van der Waals surface area contributed by atoms with E-state index in [4.69, 9.17) is 11.6 Å². The van der Waals surface area contributed by atoms with Crippen LogP contribution >= 0.6 is 11.6 Å². The molecule has 0 spiro atoms. The summed E-state index contributed by atoms with van der Waals surface area (Å²) in [6, 6.07) is 3.36. The number of rotatable bonds is 2. The molecular formula is C11H10ClFN2O. The third kappa shape index (κ3) is 1.88. The van der Waals surface area contributed by atoms with Gasteiger partial charge in [0.05, 0.1) is 10.4 Å². The number of hydrogen-bond acceptors (Lipinski definition) is 1. The van der Waals surface area contributed by atoms with E-state index >= 15 is 0 Å². The highest BCUT2D eigenvalue weighted by Gasteiger charge is 2.11. The smallest absolute Gasteiger partial charge is 0.217 e. The monoisotopic (exact) mass is 240 g/mol. The van der Waals surface area contributed by atoms with Crippen molar-refractivity contribution in [3.63, 3.8) is 0 Å². The number of aromatic amines is 1. The Labute approximate surface area is 96.6 Å². The van der Waals surface area contributed by atoms with E-state index in [2.05, 4.69) is 10.3 Å². The molecule has 0 atom stereocenters. The van der Waals surface area contributed by atoms with Gasteiger partial charge in [0.1, 0.15) is 5.82 Å². The molecule has 3 nitrogen and oxygen atoms in total. The van der Waals surface area contributed by atoms with Gasteiger partial charge in [-0.05, 0) is 6.07 Å². The van der Waals surface area contributed by atoms with Gasteiger partial charge < -0.3 is 10.3 Å². The maximum atomic E-state index is 14.0. The first-order valence-corrected chi connectivity index (χ1v) is 5.16. The van der Waals surface area contributed by atoms with Crippen LogP contribution in [0.4, 0.5) is 4.39 Å². The molecule has 0 unspecified atom stereocenters. The van der Waals surface area contributed by atoms with Crippen molar-refractivity contribution in [3.8, 4) is 0 Å². The van der Waals surface area contributed by atoms with Crippen LogP contribution in [-0.4, -0.2) is 10.9 Å². The Hall–Kier alpha value is -1.55. The molecule has 5 heteroatoms. The Bertz CT molecular complexity index is 550. The van der Waals surface area contributed by atoms with Gasteiger partial charge in [-0.15, -0.1) is 0 Å². The van der Waals surface area contributed by atoms with Crippen LogP contribution in [0.15, 0.2) is 18.3 Å². The number of carbonyl (C=O) groups is 1. The summed E-state index contributed by atoms with van der Waals surface area (Å²) < 4.78 is 14.0. The maximum absolute atomic E-state index is 14.0. The van der Waals surface area contributed by atoms with Crippen molar-refractivity contribution in [2.45, 2.75) is 13.5 Å². The third-order valence-electron chi connectivity index (χ3n) is 2.34. The molecule has 1 aromatic heterocycles. The summed E-state index contributed by atoms with van der Waals surface area (Å²) >= 11 is 5.85. The molecule has 2 N–H and O–H groups in total. The average Bonchev–Trinajstić information content (AvgIpc) is 2.60. The Morgan fingerprint density at radius 2 is 2.31 bits per heavy atom. The quantitative estimate of drug-likeness (QED) is 0.833. The predicted molar refractivity (Wildman–Crippen MR) is 60.8 cm³/mol. The van der Waals surface area contributed by atoms with Crippen molar-refractivity contribution in [2.24, 2.45) is 0 Å². The van der Waals surface area contributed by atoms with Crippen molar-refractivity contribution < 1.29 is 9.18 Å². The molecule has 1 heterocycles. The molecule has 16 heavy (non-hydrogen) atoms. The van der Waals surface area contributed by atoms with Gasteiger partial charge in [-0.1, -0.05) is 17.7 Å². The fourth-order valence-electron chi connectivity index (χ4n) is 1.54. The molecule has 2 rings (SSSR count). The van der Waals surface area contributed by atoms with Gasteiger partial charge in [0.2, 0.25) is 5.91 Å². The van der Waals surface area contributed by atoms with Crippen molar-refractivity contribution >= 4 is 28.4 Å². The van der Waals surface area contributed by atoms with Crippen molar-refractivity contribution in [3.05, 3.63) is 34.7 Å². The van der Waals surface area contributed by atoms with Crippen molar-refractivity contribution in [2.75, 3.05) is 0 Å². The minimum Gasteiger partial charge on any atom is -0.360 e. The second-order valence-electron chi connectivity index (χ2n) is 3.51. The van der Waals surface area contributed by atoms with Crippen LogP contribution in [0, 0.1) is 5.82 Å². The van der Waals surface area contributed by atoms with Crippen molar-refractivity contribution in [1.29, 1.82) is 0 Å². The lowest BCUT2D eigenvalue weighted by Gasteiger charge is -2.05. The van der Waals surface area contributed by atoms with E-state index < -0.39 is 5.82 Å². The van der Waals surface area contributed by atoms with Crippen LogP contribution < -0.4 is 5.32 Å². The fraction of sp³-hybridized carbons (Fsp3) is 0.182. The molecule has 1 amide bonds. The Morgan fingerprint density at radius 1 is 1.56 bits per heavy atom. The first kappa shape index (κ1) is 11.0. The van der Waals surface area contributed by atoms with Crippen LogP contribution in [0.5, 0.6) is 0 Å². The predicted octanol–water partition coefficient (Wildman–Crippen LogP) is 2.60. The Balaban J connectivity index is 2.43. The lowest BCUT2D eigenvalue weighted by atomic mass is 10.1. The topological polar surface area (TPSA) is 44.9 Å². The van der Waals surface area contributed by atoms with Crippen molar-refractivity contribution in [1.82, 2.24) is 10.3 Å². The molecule has 0 saturated heterocycles. The summed E-state index contributed by atoms with van der Waals surface area (Å²) in [5, 5.41) is 3.26. The molecule has 0 aliphatic carbocycles. The molecule has 1 aromatic carbocycles. The standard InChI is InChI=1S/C11H10ClFN2O/c1-6(16)14-4-7-2-3-9-10(11(7)13)8(12)5-15-9/h2-3,5,15H,4H2,1H3,(H,14,16). The minimum absolute atomic E-state index is 0.165. The highest BCUT2D eigenvalue weighted by atomic mass is 35.5. The maximum Gasteiger partial charge on any atom is 0.217 e. The van der Waals surface area contributed by atoms with Gasteiger partial charge >= 0.3 is 0 Å². The number of aromatic nitrogens is 1. The number of amides is 1. The van der Waals surface area contributed by atoms with Crippen LogP contribution in [0.1, 0.15) is 12.5 Å². The molecule has 0 bridgehead atoms. The largest absolute Gasteiger partial charge is 0.360 e. The van der Waals surface area contributed by atoms with E-state index in [9.17, 15) is 9.18 Å². The Kier molecular flexibility index (Phi) is 2.83. The summed E-state index contributed by atoms with van der Waals surface area (Å²) in [6.07, 6.45) is 1.54. The minimum atomic E-state index is -0.391. The van der Waals surface area contributed by atoms with E-state index in [1.54, 1.807) is 12.1 Å². The first-order chi connectivity index (χ1) is 7.59. The zero-order valence-electron chi connectivity index (χ0n) is 8.60. The first-order valence-electron chi connectivity index (χ1n) is 4.78. The van der Waals surface area contributed by atoms with Crippen LogP contribution in [0.25, 0.3) is 10.9 Å². The van der Waals surface area contributed by atoms with Gasteiger partial charge in [0.15, 0.2) is 0 Å². The lowest BCUT2D eigenvalue weighted by Crippen LogP contribution is -2.19. The average molecular weight is 241 g/mol. The molecular weight excluding hydrogens is 231 g/mol. The van der Waals surface area contributed by atoms with E-state index in [0.717, 1.165) is 0 Å². The number of nitrogens with one attached hydrogen (secondary N) is 2. The summed E-state index contributed by atoms with van der Waals surface area (Å²) in [5.41, 5.74) is 1.07. The number of hydrogen-bond donors (Lipinski definition) is 2. The number of benzene rings is 1. The SMILES string of the molecule is CC(=O)NCc1ccc2[nH]cc(Cl)c2c1F. The van der Waals surface area contributed by atoms with Crippen LogP contribution in [0.2, 0.25) is 5.02 Å². The third-order valence-corrected chi connectivity index (χ3v) is 2.64. The summed E-state index contributed by atoms with van der Waals surface area (Å²) in [7, 11) is 0. The number of H-pyrrole nitrogens is 1. The van der Waals surface area contributed by atoms with Gasteiger partial charge in [-0.3, -0.25) is 4.79 Å². The number of halogens is 2. The van der Waals surface area contributed by atoms with Gasteiger partial charge in [-0.2, -0.15) is 0 Å². The highest BCUT2D eigenvalue weighted by molar-refractivity contribution is 6.35. The molecule has 0 fully saturated rings. The van der Waals surface area contributed by atoms with Gasteiger partial charge in [-0.25, -0.2) is 4.39 Å². The zero-order chi connectivity index (χ0) is 11.7. The molecule has 0 aliphatic rings. The number of fused-ring (bicyclic) bond motifs is 1. The highest BCUT2D eigenvalue weighted by Crippen LogP contribution is 2.27. The van der Waals surface area contributed by atoms with Gasteiger partial charge in [0.25, 0.3) is 0 Å². The summed E-state index contributed by atoms with van der Waals surface area (Å²) in [5.74, 6) is -0.586. The second-order valence-corrected chi connectivity index (χ2v) is 3.91. The number of carbonyl (C=O) groups excluding carboxylic acids is 1. The molecule has 0 aliphatic heterocycles. The molecule has 2 aromatic rings. The lowest BCUT2D eigenvalue weighted by molar-refractivity contribution is -0.119. The molecule has 84 valence electrons. The van der Waals surface area contributed by atoms with E-state index in [1.807, 2.05) is 0 Å². The van der Waals surface area contributed by atoms with E-state index in [0.29, 0.717) is 21.5 Å². The van der Waals surface area contributed by atoms with Crippen LogP contribution in [-0.2, 0) is 11.3 Å². The molecule has 0 radical (unpaired) electrons. The van der Waals surface area contributed by atoms with E-state index in [-0.39, 0.29) is 12.5 Å². The summed E-state index contributed by atoms with van der Waals surface area (Å²) in [6.45, 7) is 1.55. The summed E-state index contributed by atoms with van der Waals surface area (Å²) in [4.78, 5) is 13.6. The van der Waals surface area contributed by atoms with Gasteiger partial charge in [0, 0.05) is 30.7 Å². The van der Waals surface area contributed by atoms with E-state index in [1.165, 1.54) is 13.1 Å². The zero-order valence-corrected chi connectivity index (χ0v) is 9.36. The second kappa shape index (κ2) is 4.14. The fourth-order valence-corrected chi connectivity index (χ4v) is 1.78.